The number of hydrogen-bond donors (Lipinski definition) is 1. The normalized spacial score (nSPS) is 12.4. The molecule has 2 aromatic carbocycles. The van der Waals surface area contributed by atoms with Crippen LogP contribution < -0.4 is 17.0 Å². The summed E-state index contributed by atoms with van der Waals surface area (Å²) in [6.07, 6.45) is 6.10. The minimum absolute atomic E-state index is 0.0771. The van der Waals surface area contributed by atoms with Crippen LogP contribution in [0.25, 0.3) is 33.4 Å². The lowest BCUT2D eigenvalue weighted by molar-refractivity contribution is -0.385. The number of ketones is 1. The molecule has 0 fully saturated rings. The third-order valence-electron chi connectivity index (χ3n) is 7.63. The summed E-state index contributed by atoms with van der Waals surface area (Å²) < 4.78 is 2.53. The van der Waals surface area contributed by atoms with E-state index in [-0.39, 0.29) is 63.1 Å². The molecule has 0 amide bonds. The van der Waals surface area contributed by atoms with Crippen molar-refractivity contribution in [2.45, 2.75) is 0 Å². The molecule has 2 aliphatic rings. The summed E-state index contributed by atoms with van der Waals surface area (Å²) in [5.74, 6) is 4.19. The van der Waals surface area contributed by atoms with Crippen molar-refractivity contribution in [1.29, 1.82) is 0 Å². The van der Waals surface area contributed by atoms with Crippen LogP contribution in [0, 0.1) is 20.2 Å². The lowest BCUT2D eigenvalue weighted by Gasteiger charge is -2.05. The van der Waals surface area contributed by atoms with Crippen molar-refractivity contribution in [3.63, 3.8) is 0 Å². The van der Waals surface area contributed by atoms with Gasteiger partial charge in [-0.3, -0.25) is 43.7 Å². The topological polar surface area (TPSA) is 256 Å². The van der Waals surface area contributed by atoms with E-state index >= 15 is 0 Å². The van der Waals surface area contributed by atoms with E-state index in [1.807, 2.05) is 0 Å². The molecule has 0 saturated heterocycles. The molecule has 0 saturated carbocycles. The van der Waals surface area contributed by atoms with E-state index in [0.717, 1.165) is 6.07 Å². The van der Waals surface area contributed by atoms with Crippen molar-refractivity contribution in [2.24, 2.45) is 11.1 Å². The zero-order valence-corrected chi connectivity index (χ0v) is 27.2. The number of aromatic nitrogens is 6. The number of oxime groups is 1. The van der Waals surface area contributed by atoms with Gasteiger partial charge in [-0.2, -0.15) is 0 Å². The molecule has 6 aromatic rings. The van der Waals surface area contributed by atoms with Gasteiger partial charge in [0.05, 0.1) is 44.2 Å². The highest BCUT2D eigenvalue weighted by molar-refractivity contribution is 6.17. The number of fused-ring (bicyclic) bond motifs is 8. The number of nitro benzene ring substituents is 2. The summed E-state index contributed by atoms with van der Waals surface area (Å²) in [5, 5.41) is 26.6. The number of pyridine rings is 2. The van der Waals surface area contributed by atoms with Gasteiger partial charge in [-0.15, -0.1) is 6.58 Å². The minimum Gasteiger partial charge on any atom is -0.391 e. The second kappa shape index (κ2) is 14.7. The zero-order chi connectivity index (χ0) is 37.8. The molecule has 6 heterocycles. The third kappa shape index (κ3) is 6.42. The Balaban J connectivity index is 0.000000163. The third-order valence-corrected chi connectivity index (χ3v) is 7.63. The van der Waals surface area contributed by atoms with Gasteiger partial charge in [0.15, 0.2) is 28.7 Å². The van der Waals surface area contributed by atoms with Gasteiger partial charge >= 0.3 is 0 Å². The van der Waals surface area contributed by atoms with Crippen LogP contribution in [0.4, 0.5) is 11.4 Å². The highest BCUT2D eigenvalue weighted by Crippen LogP contribution is 2.31. The summed E-state index contributed by atoms with van der Waals surface area (Å²) in [5.41, 5.74) is 0.823. The van der Waals surface area contributed by atoms with Gasteiger partial charge in [-0.1, -0.05) is 23.9 Å². The molecule has 264 valence electrons. The van der Waals surface area contributed by atoms with Crippen LogP contribution >= 0.6 is 0 Å². The van der Waals surface area contributed by atoms with Gasteiger partial charge in [0.2, 0.25) is 5.78 Å². The van der Waals surface area contributed by atoms with Crippen molar-refractivity contribution >= 4 is 44.9 Å². The number of non-ortho nitro benzene ring substituents is 2. The van der Waals surface area contributed by atoms with E-state index in [4.69, 9.17) is 4.84 Å². The van der Waals surface area contributed by atoms with Gasteiger partial charge in [0, 0.05) is 42.2 Å². The predicted molar refractivity (Wildman–Crippen MR) is 189 cm³/mol. The number of nitrogens with two attached hydrogens (primary N) is 1. The Morgan fingerprint density at radius 3 is 1.77 bits per heavy atom. The molecule has 19 nitrogen and oxygen atoms in total. The van der Waals surface area contributed by atoms with Crippen LogP contribution in [-0.4, -0.2) is 63.6 Å². The molecular weight excluding hydrogens is 692 g/mol. The largest absolute Gasteiger partial charge is 0.391 e. The highest BCUT2D eigenvalue weighted by atomic mass is 16.6. The van der Waals surface area contributed by atoms with Crippen LogP contribution in [0.1, 0.15) is 27.6 Å². The average molecular weight is 717 g/mol. The van der Waals surface area contributed by atoms with Gasteiger partial charge in [-0.25, -0.2) is 25.8 Å². The molecule has 2 aliphatic heterocycles. The molecule has 0 atom stereocenters. The molecule has 0 aliphatic carbocycles. The monoisotopic (exact) mass is 716 g/mol. The number of nitrogens with zero attached hydrogens (tertiary/aromatic N) is 9. The van der Waals surface area contributed by atoms with E-state index < -0.39 is 21.2 Å². The second-order valence-electron chi connectivity index (χ2n) is 10.8. The fourth-order valence-electron chi connectivity index (χ4n) is 5.39. The Kier molecular flexibility index (Phi) is 9.75. The second-order valence-corrected chi connectivity index (χ2v) is 10.8. The number of benzene rings is 2. The van der Waals surface area contributed by atoms with E-state index in [1.165, 1.54) is 57.9 Å². The Morgan fingerprint density at radius 1 is 0.755 bits per heavy atom. The molecule has 0 spiro atoms. The van der Waals surface area contributed by atoms with Gasteiger partial charge in [-0.05, 0) is 36.4 Å². The van der Waals surface area contributed by atoms with Crippen LogP contribution in [0.3, 0.4) is 0 Å². The van der Waals surface area contributed by atoms with Crippen LogP contribution in [0.5, 0.6) is 0 Å². The summed E-state index contributed by atoms with van der Waals surface area (Å²) >= 11 is 0. The Labute approximate surface area is 295 Å². The molecule has 19 heteroatoms. The van der Waals surface area contributed by atoms with Gasteiger partial charge in [0.25, 0.3) is 22.5 Å². The first-order valence-electron chi connectivity index (χ1n) is 15.2. The smallest absolute Gasteiger partial charge is 0.270 e. The standard InChI is InChI=1S/C17H11N5O4.C14H6N4O4.C3H7NO/c1-2-8-26-20-14-12-9-10(22(24)25)5-6-13(12)21-16(14)19-15-11(17(21)23)4-3-7-18-15;19-11-9-6-7(18(21)22)3-4-10(9)17-13(11)16-12-8(14(17)20)2-1-5-15-12;1-2-3-5-4/h2-7,9H,1,8H2;1-6H;2H,1,3-4H2. The van der Waals surface area contributed by atoms with Crippen molar-refractivity contribution in [3.05, 3.63) is 162 Å². The maximum atomic E-state index is 12.9. The van der Waals surface area contributed by atoms with Crippen molar-refractivity contribution in [2.75, 3.05) is 13.2 Å². The lowest BCUT2D eigenvalue weighted by Crippen LogP contribution is -2.22. The fourth-order valence-corrected chi connectivity index (χ4v) is 5.39. The summed E-state index contributed by atoms with van der Waals surface area (Å²) in [6.45, 7) is 7.46. The highest BCUT2D eigenvalue weighted by Gasteiger charge is 2.33. The Morgan fingerprint density at radius 2 is 1.26 bits per heavy atom. The molecule has 0 unspecified atom stereocenters. The van der Waals surface area contributed by atoms with E-state index in [1.54, 1.807) is 30.3 Å². The fraction of sp³-hybridized carbons (Fsp3) is 0.0588. The Hall–Kier alpha value is -7.64. The SMILES string of the molecule is C=CCON.C=CCON=C1c2cc([N+](=O)[O-])ccc2-n2c1nc1ncccc1c2=O.O=C1c2cc([N+](=O)[O-])ccc2-n2c1nc1ncccc1c2=O. The van der Waals surface area contributed by atoms with E-state index in [2.05, 4.69) is 49.0 Å². The van der Waals surface area contributed by atoms with Crippen LogP contribution in [-0.2, 0) is 9.68 Å². The minimum atomic E-state index is -0.592. The number of nitro groups is 2. The first-order valence-corrected chi connectivity index (χ1v) is 15.2. The first kappa shape index (κ1) is 35.2. The number of rotatable bonds is 7. The molecule has 0 bridgehead atoms. The van der Waals surface area contributed by atoms with E-state index in [0.29, 0.717) is 28.9 Å². The Bertz CT molecular complexity index is 2670. The van der Waals surface area contributed by atoms with Crippen molar-refractivity contribution < 1.29 is 24.3 Å². The van der Waals surface area contributed by atoms with Crippen molar-refractivity contribution in [1.82, 2.24) is 29.1 Å². The lowest BCUT2D eigenvalue weighted by atomic mass is 10.1. The molecule has 53 heavy (non-hydrogen) atoms. The summed E-state index contributed by atoms with van der Waals surface area (Å²) in [4.78, 5) is 84.6. The first-order chi connectivity index (χ1) is 25.6. The van der Waals surface area contributed by atoms with Crippen molar-refractivity contribution in [3.8, 4) is 11.4 Å². The summed E-state index contributed by atoms with van der Waals surface area (Å²) in [6, 6.07) is 14.4. The zero-order valence-electron chi connectivity index (χ0n) is 27.2. The van der Waals surface area contributed by atoms with Crippen LogP contribution in [0.2, 0.25) is 0 Å². The maximum Gasteiger partial charge on any atom is 0.270 e. The molecular formula is C34H24N10O9. The number of hydrogen-bond acceptors (Lipinski definition) is 15. The van der Waals surface area contributed by atoms with Gasteiger partial charge < -0.3 is 9.68 Å². The van der Waals surface area contributed by atoms with Crippen LogP contribution in [0.15, 0.2) is 113 Å². The maximum absolute atomic E-state index is 12.9. The molecule has 4 aromatic heterocycles. The van der Waals surface area contributed by atoms with Gasteiger partial charge in [0.1, 0.15) is 6.61 Å². The number of carbonyl (C=O) groups excluding carboxylic acids is 1. The average Bonchev–Trinajstić information content (AvgIpc) is 3.63. The summed E-state index contributed by atoms with van der Waals surface area (Å²) in [7, 11) is 0. The molecule has 0 radical (unpaired) electrons. The van der Waals surface area contributed by atoms with E-state index in [9.17, 15) is 34.6 Å². The quantitative estimate of drug-likeness (QED) is 0.108. The molecule has 2 N–H and O–H groups in total. The predicted octanol–water partition coefficient (Wildman–Crippen LogP) is 3.25. The molecule has 8 rings (SSSR count). The number of carbonyl (C=O) groups is 1.